The normalized spacial score (nSPS) is 26.3. The Morgan fingerprint density at radius 3 is 2.50 bits per heavy atom. The molecule has 1 aromatic rings. The van der Waals surface area contributed by atoms with E-state index < -0.39 is 6.04 Å². The van der Waals surface area contributed by atoms with Crippen LogP contribution < -0.4 is 5.32 Å². The maximum absolute atomic E-state index is 12.8. The fourth-order valence-electron chi connectivity index (χ4n) is 3.53. The van der Waals surface area contributed by atoms with E-state index in [-0.39, 0.29) is 29.8 Å². The first-order valence-electron chi connectivity index (χ1n) is 8.01. The number of benzene rings is 1. The lowest BCUT2D eigenvalue weighted by atomic mass is 10.0. The molecule has 2 aliphatic heterocycles. The standard InChI is InChI=1S/C17H20ClN3O3/c1-10-16(23)21-8-14(19-11(2)22)7-15(21)9-20(10)17(24)12-3-5-13(18)6-4-12/h3-6,10,14-15H,7-9H2,1-2H3,(H,19,22). The molecule has 0 bridgehead atoms. The van der Waals surface area contributed by atoms with Crippen LogP contribution in [-0.4, -0.2) is 58.7 Å². The molecule has 1 aromatic carbocycles. The van der Waals surface area contributed by atoms with Crippen LogP contribution in [0.25, 0.3) is 0 Å². The Kier molecular flexibility index (Phi) is 4.49. The maximum Gasteiger partial charge on any atom is 0.254 e. The van der Waals surface area contributed by atoms with E-state index in [1.165, 1.54) is 6.92 Å². The van der Waals surface area contributed by atoms with Gasteiger partial charge in [0.15, 0.2) is 0 Å². The largest absolute Gasteiger partial charge is 0.352 e. The van der Waals surface area contributed by atoms with Gasteiger partial charge >= 0.3 is 0 Å². The van der Waals surface area contributed by atoms with E-state index in [0.717, 1.165) is 0 Å². The quantitative estimate of drug-likeness (QED) is 0.874. The number of halogens is 1. The molecule has 2 fully saturated rings. The third kappa shape index (κ3) is 3.11. The van der Waals surface area contributed by atoms with Crippen molar-refractivity contribution in [2.75, 3.05) is 13.1 Å². The number of nitrogens with zero attached hydrogens (tertiary/aromatic N) is 2. The lowest BCUT2D eigenvalue weighted by molar-refractivity contribution is -0.141. The molecule has 0 aromatic heterocycles. The number of fused-ring (bicyclic) bond motifs is 1. The third-order valence-electron chi connectivity index (χ3n) is 4.69. The number of nitrogens with one attached hydrogen (secondary N) is 1. The molecule has 0 spiro atoms. The minimum Gasteiger partial charge on any atom is -0.352 e. The van der Waals surface area contributed by atoms with Gasteiger partial charge < -0.3 is 15.1 Å². The number of carbonyl (C=O) groups excluding carboxylic acids is 3. The summed E-state index contributed by atoms with van der Waals surface area (Å²) in [6.07, 6.45) is 0.669. The summed E-state index contributed by atoms with van der Waals surface area (Å²) in [5.41, 5.74) is 0.518. The minimum atomic E-state index is -0.513. The number of carbonyl (C=O) groups is 3. The molecule has 24 heavy (non-hydrogen) atoms. The Balaban J connectivity index is 1.77. The van der Waals surface area contributed by atoms with Crippen LogP contribution in [0.1, 0.15) is 30.6 Å². The summed E-state index contributed by atoms with van der Waals surface area (Å²) in [7, 11) is 0. The van der Waals surface area contributed by atoms with Crippen LogP contribution in [0.3, 0.4) is 0 Å². The van der Waals surface area contributed by atoms with E-state index in [1.807, 2.05) is 0 Å². The fraction of sp³-hybridized carbons (Fsp3) is 0.471. The summed E-state index contributed by atoms with van der Waals surface area (Å²) >= 11 is 5.86. The first kappa shape index (κ1) is 16.8. The molecule has 0 aliphatic carbocycles. The monoisotopic (exact) mass is 349 g/mol. The molecular formula is C17H20ClN3O3. The topological polar surface area (TPSA) is 69.7 Å². The van der Waals surface area contributed by atoms with Crippen LogP contribution in [0.2, 0.25) is 5.02 Å². The van der Waals surface area contributed by atoms with Crippen molar-refractivity contribution in [3.8, 4) is 0 Å². The zero-order chi connectivity index (χ0) is 17.4. The summed E-state index contributed by atoms with van der Waals surface area (Å²) in [6, 6.07) is 6.06. The molecule has 0 radical (unpaired) electrons. The van der Waals surface area contributed by atoms with Crippen molar-refractivity contribution in [2.45, 2.75) is 38.4 Å². The Bertz CT molecular complexity index is 676. The Morgan fingerprint density at radius 2 is 1.88 bits per heavy atom. The smallest absolute Gasteiger partial charge is 0.254 e. The van der Waals surface area contributed by atoms with Crippen LogP contribution in [0.15, 0.2) is 24.3 Å². The molecule has 7 heteroatoms. The van der Waals surface area contributed by atoms with Crippen molar-refractivity contribution in [3.63, 3.8) is 0 Å². The van der Waals surface area contributed by atoms with Crippen LogP contribution in [0, 0.1) is 0 Å². The van der Waals surface area contributed by atoms with Gasteiger partial charge in [0, 0.05) is 36.6 Å². The number of amides is 3. The van der Waals surface area contributed by atoms with Crippen LogP contribution in [-0.2, 0) is 9.59 Å². The van der Waals surface area contributed by atoms with Crippen LogP contribution in [0.5, 0.6) is 0 Å². The molecule has 6 nitrogen and oxygen atoms in total. The lowest BCUT2D eigenvalue weighted by Crippen LogP contribution is -2.60. The second-order valence-corrected chi connectivity index (χ2v) is 6.85. The summed E-state index contributed by atoms with van der Waals surface area (Å²) in [6.45, 7) is 4.21. The van der Waals surface area contributed by atoms with Crippen molar-refractivity contribution in [3.05, 3.63) is 34.9 Å². The maximum atomic E-state index is 12.8. The highest BCUT2D eigenvalue weighted by molar-refractivity contribution is 6.30. The van der Waals surface area contributed by atoms with Gasteiger partial charge in [-0.1, -0.05) is 11.6 Å². The van der Waals surface area contributed by atoms with Gasteiger partial charge in [-0.25, -0.2) is 0 Å². The van der Waals surface area contributed by atoms with Gasteiger partial charge in [-0.05, 0) is 37.6 Å². The highest BCUT2D eigenvalue weighted by atomic mass is 35.5. The lowest BCUT2D eigenvalue weighted by Gasteiger charge is -2.41. The molecule has 1 N–H and O–H groups in total. The zero-order valence-electron chi connectivity index (χ0n) is 13.7. The van der Waals surface area contributed by atoms with Crippen molar-refractivity contribution in [1.29, 1.82) is 0 Å². The van der Waals surface area contributed by atoms with E-state index in [1.54, 1.807) is 41.0 Å². The van der Waals surface area contributed by atoms with Gasteiger partial charge in [-0.2, -0.15) is 0 Å². The van der Waals surface area contributed by atoms with E-state index in [2.05, 4.69) is 5.32 Å². The van der Waals surface area contributed by atoms with Crippen molar-refractivity contribution in [1.82, 2.24) is 15.1 Å². The molecule has 0 saturated carbocycles. The molecular weight excluding hydrogens is 330 g/mol. The molecule has 2 heterocycles. The van der Waals surface area contributed by atoms with Crippen LogP contribution in [0.4, 0.5) is 0 Å². The SMILES string of the molecule is CC(=O)NC1CC2CN(C(=O)c3ccc(Cl)cc3)C(C)C(=O)N2C1. The Labute approximate surface area is 145 Å². The first-order chi connectivity index (χ1) is 11.4. The number of hydrogen-bond acceptors (Lipinski definition) is 3. The van der Waals surface area contributed by atoms with Crippen molar-refractivity contribution < 1.29 is 14.4 Å². The van der Waals surface area contributed by atoms with Gasteiger partial charge in [0.2, 0.25) is 11.8 Å². The van der Waals surface area contributed by atoms with E-state index in [9.17, 15) is 14.4 Å². The van der Waals surface area contributed by atoms with Gasteiger partial charge in [0.1, 0.15) is 6.04 Å². The molecule has 3 amide bonds. The summed E-state index contributed by atoms with van der Waals surface area (Å²) in [5, 5.41) is 3.43. The zero-order valence-corrected chi connectivity index (χ0v) is 14.4. The van der Waals surface area contributed by atoms with E-state index in [4.69, 9.17) is 11.6 Å². The van der Waals surface area contributed by atoms with E-state index in [0.29, 0.717) is 30.1 Å². The molecule has 128 valence electrons. The highest BCUT2D eigenvalue weighted by Crippen LogP contribution is 2.27. The van der Waals surface area contributed by atoms with Gasteiger partial charge in [-0.15, -0.1) is 0 Å². The molecule has 3 atom stereocenters. The second kappa shape index (κ2) is 6.43. The molecule has 3 unspecified atom stereocenters. The minimum absolute atomic E-state index is 0.0470. The predicted octanol–water partition coefficient (Wildman–Crippen LogP) is 1.29. The summed E-state index contributed by atoms with van der Waals surface area (Å²) < 4.78 is 0. The Morgan fingerprint density at radius 1 is 1.21 bits per heavy atom. The average molecular weight is 350 g/mol. The summed E-state index contributed by atoms with van der Waals surface area (Å²) in [4.78, 5) is 40.0. The van der Waals surface area contributed by atoms with Crippen LogP contribution >= 0.6 is 11.6 Å². The number of piperazine rings is 1. The predicted molar refractivity (Wildman–Crippen MR) is 89.7 cm³/mol. The van der Waals surface area contributed by atoms with Crippen molar-refractivity contribution in [2.24, 2.45) is 0 Å². The average Bonchev–Trinajstić information content (AvgIpc) is 2.93. The second-order valence-electron chi connectivity index (χ2n) is 6.42. The van der Waals surface area contributed by atoms with Gasteiger partial charge in [0.25, 0.3) is 5.91 Å². The molecule has 2 saturated heterocycles. The van der Waals surface area contributed by atoms with E-state index >= 15 is 0 Å². The van der Waals surface area contributed by atoms with Gasteiger partial charge in [0.05, 0.1) is 6.04 Å². The number of hydrogen-bond donors (Lipinski definition) is 1. The fourth-order valence-corrected chi connectivity index (χ4v) is 3.65. The molecule has 3 rings (SSSR count). The first-order valence-corrected chi connectivity index (χ1v) is 8.38. The highest BCUT2D eigenvalue weighted by Gasteiger charge is 2.45. The number of rotatable bonds is 2. The molecule has 2 aliphatic rings. The van der Waals surface area contributed by atoms with Crippen molar-refractivity contribution >= 4 is 29.3 Å². The Hall–Kier alpha value is -2.08. The third-order valence-corrected chi connectivity index (χ3v) is 4.94. The summed E-state index contributed by atoms with van der Waals surface area (Å²) in [5.74, 6) is -0.342. The van der Waals surface area contributed by atoms with Gasteiger partial charge in [-0.3, -0.25) is 14.4 Å².